The van der Waals surface area contributed by atoms with Gasteiger partial charge in [0.15, 0.2) is 0 Å². The SMILES string of the molecule is Cc1cc(-c2[c-]cc3c4ccccc4c4ccccc4c3c2)ncc1[Si](C)(C)C.[2H]C([2H])([2H])c1cccc(-c2ccccc2)n1.[CH3-].[Ir]. The van der Waals surface area contributed by atoms with Crippen LogP contribution < -0.4 is 5.19 Å². The third kappa shape index (κ3) is 6.74. The molecule has 0 bridgehead atoms. The van der Waals surface area contributed by atoms with Crippen molar-refractivity contribution in [2.24, 2.45) is 0 Å². The van der Waals surface area contributed by atoms with Crippen molar-refractivity contribution in [2.75, 3.05) is 0 Å². The van der Waals surface area contributed by atoms with Crippen molar-refractivity contribution in [3.8, 4) is 22.5 Å². The standard InChI is InChI=1S/C27H24NSi.C12H11N.CH3.Ir/c1-18-15-26(28-17-27(18)29(2,3)4)19-13-14-24-22-11-6-5-9-20(22)21-10-7-8-12-23(21)25(24)16-19;1-10-6-5-9-12(13-10)11-7-3-2-4-8-11;;/h5-12,14-17H,1-4H3;2-9H,1H3;1H3;/q-1;;-1;/i;1D3;;. The first-order valence-electron chi connectivity index (χ1n) is 15.8. The van der Waals surface area contributed by atoms with E-state index < -0.39 is 14.9 Å². The Morgan fingerprint density at radius 2 is 1.25 bits per heavy atom. The van der Waals surface area contributed by atoms with E-state index in [1.165, 1.54) is 49.1 Å². The summed E-state index contributed by atoms with van der Waals surface area (Å²) in [5.74, 6) is 0. The molecular weight excluding hydrogens is 729 g/mol. The van der Waals surface area contributed by atoms with Gasteiger partial charge in [0, 0.05) is 41.7 Å². The predicted molar refractivity (Wildman–Crippen MR) is 190 cm³/mol. The van der Waals surface area contributed by atoms with Gasteiger partial charge in [0.1, 0.15) is 0 Å². The Morgan fingerprint density at radius 1 is 0.659 bits per heavy atom. The molecule has 5 aromatic carbocycles. The fourth-order valence-electron chi connectivity index (χ4n) is 5.68. The zero-order valence-electron chi connectivity index (χ0n) is 28.8. The van der Waals surface area contributed by atoms with Gasteiger partial charge in [-0.3, -0.25) is 4.98 Å². The molecule has 7 rings (SSSR count). The Kier molecular flexibility index (Phi) is 9.02. The maximum atomic E-state index is 7.30. The molecule has 4 heteroatoms. The van der Waals surface area contributed by atoms with Crippen LogP contribution >= 0.6 is 0 Å². The molecule has 0 aliphatic rings. The second kappa shape index (κ2) is 13.8. The maximum Gasteiger partial charge on any atom is 0.0798 e. The molecule has 2 heterocycles. The number of aromatic nitrogens is 2. The Balaban J connectivity index is 0.000000238. The van der Waals surface area contributed by atoms with Gasteiger partial charge in [-0.05, 0) is 52.9 Å². The number of hydrogen-bond donors (Lipinski definition) is 0. The average molecular weight is 770 g/mol. The van der Waals surface area contributed by atoms with Crippen molar-refractivity contribution < 1.29 is 24.2 Å². The van der Waals surface area contributed by atoms with Gasteiger partial charge >= 0.3 is 0 Å². The predicted octanol–water partition coefficient (Wildman–Crippen LogP) is 10.4. The van der Waals surface area contributed by atoms with Crippen LogP contribution in [-0.2, 0) is 20.1 Å². The number of rotatable bonds is 3. The number of pyridine rings is 2. The number of aryl methyl sites for hydroxylation is 2. The molecule has 0 saturated carbocycles. The fourth-order valence-corrected chi connectivity index (χ4v) is 7.39. The number of fused-ring (bicyclic) bond motifs is 6. The monoisotopic (exact) mass is 770 g/mol. The molecule has 2 nitrogen and oxygen atoms in total. The molecule has 0 atom stereocenters. The van der Waals surface area contributed by atoms with Crippen LogP contribution in [-0.4, -0.2) is 18.0 Å². The Morgan fingerprint density at radius 3 is 1.84 bits per heavy atom. The fraction of sp³-hybridized carbons (Fsp3) is 0.125. The summed E-state index contributed by atoms with van der Waals surface area (Å²) in [7, 11) is -1.38. The van der Waals surface area contributed by atoms with Crippen LogP contribution in [0.2, 0.25) is 19.6 Å². The van der Waals surface area contributed by atoms with Crippen molar-refractivity contribution in [3.05, 3.63) is 146 Å². The summed E-state index contributed by atoms with van der Waals surface area (Å²) < 4.78 is 21.9. The average Bonchev–Trinajstić information content (AvgIpc) is 3.04. The van der Waals surface area contributed by atoms with Gasteiger partial charge < -0.3 is 12.4 Å². The molecule has 223 valence electrons. The zero-order valence-corrected chi connectivity index (χ0v) is 29.2. The Bertz CT molecular complexity index is 2120. The van der Waals surface area contributed by atoms with Crippen LogP contribution in [0.4, 0.5) is 0 Å². The molecule has 0 fully saturated rings. The summed E-state index contributed by atoms with van der Waals surface area (Å²) in [4.78, 5) is 8.98. The Labute approximate surface area is 280 Å². The molecule has 2 aromatic heterocycles. The van der Waals surface area contributed by atoms with E-state index in [4.69, 9.17) is 9.10 Å². The normalized spacial score (nSPS) is 12.2. The minimum absolute atomic E-state index is 0. The molecule has 0 amide bonds. The van der Waals surface area contributed by atoms with Crippen LogP contribution in [0.25, 0.3) is 54.8 Å². The summed E-state index contributed by atoms with van der Waals surface area (Å²) in [5, 5.41) is 9.10. The maximum absolute atomic E-state index is 7.30. The summed E-state index contributed by atoms with van der Waals surface area (Å²) in [6.07, 6.45) is 2.09. The summed E-state index contributed by atoms with van der Waals surface area (Å²) in [6, 6.07) is 42.1. The quantitative estimate of drug-likeness (QED) is 0.102. The molecule has 0 N–H and O–H groups in total. The molecule has 1 radical (unpaired) electrons. The van der Waals surface area contributed by atoms with Crippen LogP contribution in [0.3, 0.4) is 0 Å². The summed E-state index contributed by atoms with van der Waals surface area (Å²) in [6.45, 7) is 7.18. The van der Waals surface area contributed by atoms with Crippen molar-refractivity contribution in [3.63, 3.8) is 0 Å². The molecule has 0 aliphatic carbocycles. The van der Waals surface area contributed by atoms with Gasteiger partial charge in [0.25, 0.3) is 0 Å². The molecule has 0 spiro atoms. The van der Waals surface area contributed by atoms with Gasteiger partial charge in [-0.1, -0.05) is 132 Å². The van der Waals surface area contributed by atoms with E-state index in [9.17, 15) is 0 Å². The molecular formula is C40H38IrN2Si-2. The minimum Gasteiger partial charge on any atom is -0.358 e. The van der Waals surface area contributed by atoms with E-state index in [0.717, 1.165) is 16.8 Å². The second-order valence-corrected chi connectivity index (χ2v) is 16.7. The molecule has 0 aliphatic heterocycles. The van der Waals surface area contributed by atoms with Crippen molar-refractivity contribution in [2.45, 2.75) is 33.4 Å². The van der Waals surface area contributed by atoms with Crippen LogP contribution in [0.1, 0.15) is 15.4 Å². The minimum atomic E-state index is -2.15. The van der Waals surface area contributed by atoms with Crippen molar-refractivity contribution >= 4 is 45.6 Å². The van der Waals surface area contributed by atoms with E-state index in [1.54, 1.807) is 6.07 Å². The van der Waals surface area contributed by atoms with Gasteiger partial charge in [0.2, 0.25) is 0 Å². The van der Waals surface area contributed by atoms with E-state index in [-0.39, 0.29) is 33.2 Å². The first kappa shape index (κ1) is 28.8. The molecule has 7 aromatic rings. The zero-order chi connectivity index (χ0) is 31.8. The number of benzene rings is 5. The number of nitrogens with zero attached hydrogens (tertiary/aromatic N) is 2. The first-order chi connectivity index (χ1) is 21.5. The van der Waals surface area contributed by atoms with Gasteiger partial charge in [-0.15, -0.1) is 23.8 Å². The van der Waals surface area contributed by atoms with Gasteiger partial charge in [-0.25, -0.2) is 0 Å². The van der Waals surface area contributed by atoms with E-state index in [0.29, 0.717) is 5.69 Å². The third-order valence-corrected chi connectivity index (χ3v) is 9.83. The van der Waals surface area contributed by atoms with Crippen LogP contribution in [0, 0.1) is 27.3 Å². The van der Waals surface area contributed by atoms with Crippen LogP contribution in [0.15, 0.2) is 121 Å². The summed E-state index contributed by atoms with van der Waals surface area (Å²) >= 11 is 0. The Hall–Kier alpha value is -3.95. The van der Waals surface area contributed by atoms with Crippen molar-refractivity contribution in [1.29, 1.82) is 0 Å². The topological polar surface area (TPSA) is 25.8 Å². The molecule has 0 unspecified atom stereocenters. The number of hydrogen-bond acceptors (Lipinski definition) is 2. The van der Waals surface area contributed by atoms with Gasteiger partial charge in [0.05, 0.1) is 13.8 Å². The van der Waals surface area contributed by atoms with E-state index >= 15 is 0 Å². The molecule has 44 heavy (non-hydrogen) atoms. The van der Waals surface area contributed by atoms with Crippen molar-refractivity contribution in [1.82, 2.24) is 9.97 Å². The largest absolute Gasteiger partial charge is 0.358 e. The van der Waals surface area contributed by atoms with E-state index in [2.05, 4.69) is 111 Å². The molecule has 0 saturated heterocycles. The van der Waals surface area contributed by atoms with Crippen LogP contribution in [0.5, 0.6) is 0 Å². The van der Waals surface area contributed by atoms with Gasteiger partial charge in [-0.2, -0.15) is 0 Å². The smallest absolute Gasteiger partial charge is 0.0798 e. The van der Waals surface area contributed by atoms with E-state index in [1.807, 2.05) is 36.4 Å². The first-order valence-corrected chi connectivity index (χ1v) is 17.8. The second-order valence-electron chi connectivity index (χ2n) is 11.7. The third-order valence-electron chi connectivity index (χ3n) is 7.69. The summed E-state index contributed by atoms with van der Waals surface area (Å²) in [5.41, 5.74) is 5.15.